The molecule has 0 atom stereocenters. The van der Waals surface area contributed by atoms with Gasteiger partial charge < -0.3 is 9.47 Å². The van der Waals surface area contributed by atoms with Crippen molar-refractivity contribution in [2.45, 2.75) is 13.8 Å². The Kier molecular flexibility index (Phi) is 2.28. The molecular weight excluding hydrogens is 160 g/mol. The minimum absolute atomic E-state index is 0.0370. The number of carbonyl (C=O) groups is 2. The van der Waals surface area contributed by atoms with Crippen LogP contribution in [-0.4, -0.2) is 11.6 Å². The Morgan fingerprint density at radius 2 is 1.33 bits per heavy atom. The number of ketones is 2. The number of rotatable bonds is 2. The maximum atomic E-state index is 10.9. The fraction of sp³-hybridized carbons (Fsp3) is 0.250. The first-order chi connectivity index (χ1) is 5.63. The van der Waals surface area contributed by atoms with E-state index < -0.39 is 0 Å². The quantitative estimate of drug-likeness (QED) is 0.614. The lowest BCUT2D eigenvalue weighted by molar-refractivity contribution is -0.120. The minimum atomic E-state index is -0.329. The highest BCUT2D eigenvalue weighted by Gasteiger charge is 2.20. The van der Waals surface area contributed by atoms with E-state index in [2.05, 4.69) is 0 Å². The summed E-state index contributed by atoms with van der Waals surface area (Å²) in [5.41, 5.74) is 0. The standard InChI is InChI=1S/C8H8O4/c1-5(9)7-8(6(2)10)12-4-3-11-7/h3-4H,1-2H3. The van der Waals surface area contributed by atoms with Crippen molar-refractivity contribution in [2.75, 3.05) is 0 Å². The molecule has 0 amide bonds. The Morgan fingerprint density at radius 3 is 1.58 bits per heavy atom. The van der Waals surface area contributed by atoms with Crippen LogP contribution >= 0.6 is 0 Å². The smallest absolute Gasteiger partial charge is 0.215 e. The third-order valence-corrected chi connectivity index (χ3v) is 1.27. The van der Waals surface area contributed by atoms with E-state index >= 15 is 0 Å². The van der Waals surface area contributed by atoms with E-state index in [4.69, 9.17) is 9.47 Å². The Hall–Kier alpha value is -1.58. The highest BCUT2D eigenvalue weighted by molar-refractivity contribution is 6.02. The first-order valence-corrected chi connectivity index (χ1v) is 3.37. The van der Waals surface area contributed by atoms with Crippen molar-refractivity contribution in [3.8, 4) is 0 Å². The van der Waals surface area contributed by atoms with Crippen LogP contribution in [0.15, 0.2) is 24.0 Å². The summed E-state index contributed by atoms with van der Waals surface area (Å²) in [5.74, 6) is -0.732. The van der Waals surface area contributed by atoms with E-state index in [-0.39, 0.29) is 23.1 Å². The third kappa shape index (κ3) is 1.53. The SMILES string of the molecule is CC(=O)C1=C(C(C)=O)OC=CO1. The van der Waals surface area contributed by atoms with Crippen molar-refractivity contribution in [2.24, 2.45) is 0 Å². The number of hydrogen-bond donors (Lipinski definition) is 0. The predicted molar refractivity (Wildman–Crippen MR) is 39.7 cm³/mol. The summed E-state index contributed by atoms with van der Waals surface area (Å²) in [5, 5.41) is 0. The second-order valence-electron chi connectivity index (χ2n) is 2.28. The highest BCUT2D eigenvalue weighted by Crippen LogP contribution is 2.15. The van der Waals surface area contributed by atoms with Gasteiger partial charge >= 0.3 is 0 Å². The second-order valence-corrected chi connectivity index (χ2v) is 2.28. The molecule has 0 aliphatic carbocycles. The maximum Gasteiger partial charge on any atom is 0.215 e. The van der Waals surface area contributed by atoms with Gasteiger partial charge in [0.1, 0.15) is 12.5 Å². The summed E-state index contributed by atoms with van der Waals surface area (Å²) >= 11 is 0. The molecule has 12 heavy (non-hydrogen) atoms. The Labute approximate surface area is 69.5 Å². The molecule has 0 aromatic heterocycles. The van der Waals surface area contributed by atoms with Crippen LogP contribution in [0.25, 0.3) is 0 Å². The van der Waals surface area contributed by atoms with Crippen LogP contribution in [-0.2, 0) is 19.1 Å². The molecule has 4 nitrogen and oxygen atoms in total. The lowest BCUT2D eigenvalue weighted by atomic mass is 10.2. The Balaban J connectivity index is 3.01. The van der Waals surface area contributed by atoms with Crippen molar-refractivity contribution in [1.82, 2.24) is 0 Å². The lowest BCUT2D eigenvalue weighted by Crippen LogP contribution is -2.12. The maximum absolute atomic E-state index is 10.9. The zero-order chi connectivity index (χ0) is 9.14. The fourth-order valence-corrected chi connectivity index (χ4v) is 0.784. The van der Waals surface area contributed by atoms with Crippen molar-refractivity contribution in [1.29, 1.82) is 0 Å². The van der Waals surface area contributed by atoms with Gasteiger partial charge in [-0.25, -0.2) is 0 Å². The molecule has 0 aromatic carbocycles. The molecule has 1 rings (SSSR count). The van der Waals surface area contributed by atoms with Crippen LogP contribution in [0.1, 0.15) is 13.8 Å². The number of hydrogen-bond acceptors (Lipinski definition) is 4. The van der Waals surface area contributed by atoms with Crippen LogP contribution < -0.4 is 0 Å². The van der Waals surface area contributed by atoms with E-state index in [1.165, 1.54) is 26.4 Å². The lowest BCUT2D eigenvalue weighted by Gasteiger charge is -2.12. The summed E-state index contributed by atoms with van der Waals surface area (Å²) in [6.07, 6.45) is 2.42. The molecule has 0 bridgehead atoms. The second kappa shape index (κ2) is 3.21. The molecule has 1 aliphatic rings. The van der Waals surface area contributed by atoms with Crippen molar-refractivity contribution in [3.05, 3.63) is 24.0 Å². The van der Waals surface area contributed by atoms with E-state index in [1.807, 2.05) is 0 Å². The van der Waals surface area contributed by atoms with E-state index in [1.54, 1.807) is 0 Å². The zero-order valence-electron chi connectivity index (χ0n) is 6.79. The summed E-state index contributed by atoms with van der Waals surface area (Å²) in [7, 11) is 0. The number of Topliss-reactive ketones (excluding diaryl/α,β-unsaturated/α-hetero) is 2. The Morgan fingerprint density at radius 1 is 1.00 bits per heavy atom. The first kappa shape index (κ1) is 8.52. The average molecular weight is 168 g/mol. The monoisotopic (exact) mass is 168 g/mol. The molecule has 64 valence electrons. The van der Waals surface area contributed by atoms with Gasteiger partial charge in [-0.05, 0) is 0 Å². The molecular formula is C8H8O4. The number of carbonyl (C=O) groups excluding carboxylic acids is 2. The molecule has 0 unspecified atom stereocenters. The van der Waals surface area contributed by atoms with Gasteiger partial charge in [0.15, 0.2) is 11.6 Å². The topological polar surface area (TPSA) is 52.6 Å². The Bertz CT molecular complexity index is 257. The minimum Gasteiger partial charge on any atom is -0.454 e. The van der Waals surface area contributed by atoms with Gasteiger partial charge in [0.25, 0.3) is 0 Å². The third-order valence-electron chi connectivity index (χ3n) is 1.27. The molecule has 0 spiro atoms. The van der Waals surface area contributed by atoms with Crippen LogP contribution in [0.2, 0.25) is 0 Å². The fourth-order valence-electron chi connectivity index (χ4n) is 0.784. The van der Waals surface area contributed by atoms with Gasteiger partial charge in [-0.15, -0.1) is 0 Å². The number of allylic oxidation sites excluding steroid dienone is 2. The van der Waals surface area contributed by atoms with Crippen LogP contribution in [0.5, 0.6) is 0 Å². The van der Waals surface area contributed by atoms with Gasteiger partial charge in [0, 0.05) is 13.8 Å². The van der Waals surface area contributed by atoms with Gasteiger partial charge in [-0.2, -0.15) is 0 Å². The summed E-state index contributed by atoms with van der Waals surface area (Å²) < 4.78 is 9.63. The molecule has 0 radical (unpaired) electrons. The van der Waals surface area contributed by atoms with E-state index in [9.17, 15) is 9.59 Å². The first-order valence-electron chi connectivity index (χ1n) is 3.37. The highest BCUT2D eigenvalue weighted by atomic mass is 16.5. The zero-order valence-corrected chi connectivity index (χ0v) is 6.79. The molecule has 4 heteroatoms. The van der Waals surface area contributed by atoms with Gasteiger partial charge in [0.2, 0.25) is 11.5 Å². The van der Waals surface area contributed by atoms with Crippen molar-refractivity contribution >= 4 is 11.6 Å². The van der Waals surface area contributed by atoms with Gasteiger partial charge in [-0.3, -0.25) is 9.59 Å². The largest absolute Gasteiger partial charge is 0.454 e. The molecule has 0 saturated heterocycles. The van der Waals surface area contributed by atoms with Gasteiger partial charge in [0.05, 0.1) is 0 Å². The normalized spacial score (nSPS) is 15.2. The molecule has 1 aliphatic heterocycles. The van der Waals surface area contributed by atoms with Crippen LogP contribution in [0.3, 0.4) is 0 Å². The number of ether oxygens (including phenoxy) is 2. The molecule has 0 N–H and O–H groups in total. The molecule has 0 fully saturated rings. The molecule has 0 saturated carbocycles. The predicted octanol–water partition coefficient (Wildman–Crippen LogP) is 0.894. The van der Waals surface area contributed by atoms with E-state index in [0.29, 0.717) is 0 Å². The average Bonchev–Trinajstić information content (AvgIpc) is 2.04. The van der Waals surface area contributed by atoms with Crippen molar-refractivity contribution in [3.63, 3.8) is 0 Å². The van der Waals surface area contributed by atoms with Crippen LogP contribution in [0.4, 0.5) is 0 Å². The molecule has 1 heterocycles. The summed E-state index contributed by atoms with van der Waals surface area (Å²) in [6.45, 7) is 2.61. The summed E-state index contributed by atoms with van der Waals surface area (Å²) in [4.78, 5) is 21.7. The molecule has 0 aromatic rings. The van der Waals surface area contributed by atoms with Crippen molar-refractivity contribution < 1.29 is 19.1 Å². The van der Waals surface area contributed by atoms with Crippen LogP contribution in [0, 0.1) is 0 Å². The van der Waals surface area contributed by atoms with Gasteiger partial charge in [-0.1, -0.05) is 0 Å². The van der Waals surface area contributed by atoms with E-state index in [0.717, 1.165) is 0 Å². The summed E-state index contributed by atoms with van der Waals surface area (Å²) in [6, 6.07) is 0.